The number of carbonyl (C=O) groups is 2. The van der Waals surface area contributed by atoms with Crippen LogP contribution in [0.2, 0.25) is 0 Å². The van der Waals surface area contributed by atoms with E-state index in [0.717, 1.165) is 22.4 Å². The van der Waals surface area contributed by atoms with E-state index in [1.807, 2.05) is 61.7 Å². The molecule has 4 rings (SSSR count). The number of nitrogens with zero attached hydrogens (tertiary/aromatic N) is 1. The van der Waals surface area contributed by atoms with E-state index < -0.39 is 17.7 Å². The molecule has 5 nitrogen and oxygen atoms in total. The Morgan fingerprint density at radius 3 is 2.53 bits per heavy atom. The molecule has 1 unspecified atom stereocenters. The average molecular weight is 448 g/mol. The molecule has 1 aliphatic heterocycles. The molecule has 0 radical (unpaired) electrons. The summed E-state index contributed by atoms with van der Waals surface area (Å²) in [7, 11) is 0. The number of aliphatic hydroxyl groups is 1. The molecule has 1 aliphatic rings. The van der Waals surface area contributed by atoms with Gasteiger partial charge in [0.25, 0.3) is 11.7 Å². The number of aryl methyl sites for hydroxylation is 1. The summed E-state index contributed by atoms with van der Waals surface area (Å²) in [5.41, 5.74) is 2.53. The summed E-state index contributed by atoms with van der Waals surface area (Å²) in [6, 6.07) is 18.4. The SMILES string of the molecule is CCCN1C(=O)C(=O)/C(=C(\O)c2ccc(OCc3ccccc3)c(C)c2)C1c1cccs1. The van der Waals surface area contributed by atoms with Gasteiger partial charge in [0.1, 0.15) is 18.1 Å². The number of ketones is 1. The van der Waals surface area contributed by atoms with Crippen LogP contribution in [-0.4, -0.2) is 28.2 Å². The maximum Gasteiger partial charge on any atom is 0.295 e. The van der Waals surface area contributed by atoms with Gasteiger partial charge in [-0.2, -0.15) is 0 Å². The number of thiophene rings is 1. The Morgan fingerprint density at radius 2 is 1.88 bits per heavy atom. The van der Waals surface area contributed by atoms with Gasteiger partial charge in [0.05, 0.1) is 11.6 Å². The van der Waals surface area contributed by atoms with E-state index >= 15 is 0 Å². The highest BCUT2D eigenvalue weighted by Crippen LogP contribution is 2.41. The van der Waals surface area contributed by atoms with Gasteiger partial charge in [-0.05, 0) is 54.1 Å². The van der Waals surface area contributed by atoms with Crippen LogP contribution in [0.4, 0.5) is 0 Å². The number of carbonyl (C=O) groups excluding carboxylic acids is 2. The molecule has 2 heterocycles. The van der Waals surface area contributed by atoms with E-state index in [-0.39, 0.29) is 11.3 Å². The lowest BCUT2D eigenvalue weighted by atomic mass is 9.98. The predicted molar refractivity (Wildman–Crippen MR) is 126 cm³/mol. The van der Waals surface area contributed by atoms with E-state index in [2.05, 4.69) is 0 Å². The number of hydrogen-bond acceptors (Lipinski definition) is 5. The van der Waals surface area contributed by atoms with Crippen LogP contribution in [-0.2, 0) is 16.2 Å². The Kier molecular flexibility index (Phi) is 6.42. The lowest BCUT2D eigenvalue weighted by Crippen LogP contribution is -2.30. The van der Waals surface area contributed by atoms with Crippen molar-refractivity contribution in [3.05, 3.63) is 93.2 Å². The minimum Gasteiger partial charge on any atom is -0.507 e. The molecule has 6 heteroatoms. The van der Waals surface area contributed by atoms with Crippen LogP contribution in [0.5, 0.6) is 5.75 Å². The van der Waals surface area contributed by atoms with E-state index in [1.165, 1.54) is 11.3 Å². The number of amides is 1. The zero-order chi connectivity index (χ0) is 22.7. The minimum absolute atomic E-state index is 0.142. The summed E-state index contributed by atoms with van der Waals surface area (Å²) in [6.07, 6.45) is 0.724. The molecule has 164 valence electrons. The third-order valence-electron chi connectivity index (χ3n) is 5.50. The van der Waals surface area contributed by atoms with Crippen molar-refractivity contribution >= 4 is 28.8 Å². The Bertz CT molecular complexity index is 1150. The molecule has 0 saturated carbocycles. The second-order valence-corrected chi connectivity index (χ2v) is 8.74. The largest absolute Gasteiger partial charge is 0.507 e. The van der Waals surface area contributed by atoms with Crippen LogP contribution in [0.15, 0.2) is 71.6 Å². The van der Waals surface area contributed by atoms with Gasteiger partial charge in [0, 0.05) is 17.0 Å². The first-order valence-electron chi connectivity index (χ1n) is 10.6. The smallest absolute Gasteiger partial charge is 0.295 e. The molecule has 1 aromatic heterocycles. The third-order valence-corrected chi connectivity index (χ3v) is 6.43. The van der Waals surface area contributed by atoms with Gasteiger partial charge in [0.15, 0.2) is 0 Å². The Morgan fingerprint density at radius 1 is 1.09 bits per heavy atom. The van der Waals surface area contributed by atoms with Crippen LogP contribution >= 0.6 is 11.3 Å². The summed E-state index contributed by atoms with van der Waals surface area (Å²) in [5, 5.41) is 13.0. The standard InChI is InChI=1S/C26H25NO4S/c1-3-13-27-23(21-10-7-14-32-21)22(25(29)26(27)30)24(28)19-11-12-20(17(2)15-19)31-16-18-8-5-4-6-9-18/h4-12,14-15,23,28H,3,13,16H2,1-2H3/b24-22-. The highest BCUT2D eigenvalue weighted by atomic mass is 32.1. The lowest BCUT2D eigenvalue weighted by Gasteiger charge is -2.23. The van der Waals surface area contributed by atoms with Crippen LogP contribution in [0, 0.1) is 6.92 Å². The fourth-order valence-corrected chi connectivity index (χ4v) is 4.79. The molecule has 2 aromatic carbocycles. The van der Waals surface area contributed by atoms with Gasteiger partial charge in [-0.25, -0.2) is 0 Å². The fourth-order valence-electron chi connectivity index (χ4n) is 3.94. The van der Waals surface area contributed by atoms with Crippen LogP contribution < -0.4 is 4.74 Å². The first-order valence-corrected chi connectivity index (χ1v) is 11.5. The van der Waals surface area contributed by atoms with Crippen molar-refractivity contribution in [3.63, 3.8) is 0 Å². The van der Waals surface area contributed by atoms with E-state index in [9.17, 15) is 14.7 Å². The first kappa shape index (κ1) is 21.8. The molecule has 0 spiro atoms. The van der Waals surface area contributed by atoms with E-state index in [1.54, 1.807) is 23.1 Å². The normalized spacial score (nSPS) is 17.7. The van der Waals surface area contributed by atoms with Crippen LogP contribution in [0.1, 0.15) is 41.0 Å². The van der Waals surface area contributed by atoms with E-state index in [4.69, 9.17) is 4.74 Å². The molecule has 1 saturated heterocycles. The first-order chi connectivity index (χ1) is 15.5. The second kappa shape index (κ2) is 9.40. The monoisotopic (exact) mass is 447 g/mol. The highest BCUT2D eigenvalue weighted by molar-refractivity contribution is 7.10. The Labute approximate surface area is 191 Å². The summed E-state index contributed by atoms with van der Waals surface area (Å²) >= 11 is 1.47. The van der Waals surface area contributed by atoms with Crippen molar-refractivity contribution < 1.29 is 19.4 Å². The van der Waals surface area contributed by atoms with Gasteiger partial charge in [-0.1, -0.05) is 43.3 Å². The lowest BCUT2D eigenvalue weighted by molar-refractivity contribution is -0.139. The van der Waals surface area contributed by atoms with Crippen molar-refractivity contribution in [1.82, 2.24) is 4.90 Å². The zero-order valence-corrected chi connectivity index (χ0v) is 18.9. The van der Waals surface area contributed by atoms with Crippen LogP contribution in [0.25, 0.3) is 5.76 Å². The molecular formula is C26H25NO4S. The number of Topliss-reactive ketones (excluding diaryl/α,β-unsaturated/α-hetero) is 1. The number of rotatable bonds is 7. The van der Waals surface area contributed by atoms with E-state index in [0.29, 0.717) is 24.5 Å². The average Bonchev–Trinajstić information content (AvgIpc) is 3.41. The molecule has 1 N–H and O–H groups in total. The predicted octanol–water partition coefficient (Wildman–Crippen LogP) is 5.47. The summed E-state index contributed by atoms with van der Waals surface area (Å²) in [6.45, 7) is 4.74. The third kappa shape index (κ3) is 4.18. The molecular weight excluding hydrogens is 422 g/mol. The van der Waals surface area contributed by atoms with Gasteiger partial charge < -0.3 is 14.7 Å². The molecule has 0 aliphatic carbocycles. The number of aliphatic hydroxyl groups excluding tert-OH is 1. The number of hydrogen-bond donors (Lipinski definition) is 1. The molecule has 3 aromatic rings. The van der Waals surface area contributed by atoms with Crippen molar-refractivity contribution in [2.45, 2.75) is 32.9 Å². The van der Waals surface area contributed by atoms with Crippen molar-refractivity contribution in [2.75, 3.05) is 6.54 Å². The topological polar surface area (TPSA) is 66.8 Å². The second-order valence-electron chi connectivity index (χ2n) is 7.76. The maximum atomic E-state index is 12.9. The zero-order valence-electron chi connectivity index (χ0n) is 18.1. The van der Waals surface area contributed by atoms with Crippen LogP contribution in [0.3, 0.4) is 0 Å². The van der Waals surface area contributed by atoms with Gasteiger partial charge in [0.2, 0.25) is 0 Å². The molecule has 1 fully saturated rings. The summed E-state index contributed by atoms with van der Waals surface area (Å²) < 4.78 is 5.92. The summed E-state index contributed by atoms with van der Waals surface area (Å²) in [4.78, 5) is 28.0. The Balaban J connectivity index is 1.67. The number of benzene rings is 2. The quantitative estimate of drug-likeness (QED) is 0.296. The minimum atomic E-state index is -0.642. The van der Waals surface area contributed by atoms with Crippen molar-refractivity contribution in [2.24, 2.45) is 0 Å². The highest BCUT2D eigenvalue weighted by Gasteiger charge is 2.46. The van der Waals surface area contributed by atoms with Gasteiger partial charge in [-0.3, -0.25) is 9.59 Å². The molecule has 32 heavy (non-hydrogen) atoms. The molecule has 0 bridgehead atoms. The van der Waals surface area contributed by atoms with Gasteiger partial charge in [-0.15, -0.1) is 11.3 Å². The summed E-state index contributed by atoms with van der Waals surface area (Å²) in [5.74, 6) is -0.660. The molecule has 1 amide bonds. The maximum absolute atomic E-state index is 12.9. The Hall–Kier alpha value is -3.38. The number of likely N-dealkylation sites (tertiary alicyclic amines) is 1. The number of ether oxygens (including phenoxy) is 1. The fraction of sp³-hybridized carbons (Fsp3) is 0.231. The van der Waals surface area contributed by atoms with Crippen molar-refractivity contribution in [3.8, 4) is 5.75 Å². The van der Waals surface area contributed by atoms with Gasteiger partial charge >= 0.3 is 0 Å². The van der Waals surface area contributed by atoms with Crippen molar-refractivity contribution in [1.29, 1.82) is 0 Å². The molecule has 1 atom stereocenters.